The number of benzene rings is 1. The van der Waals surface area contributed by atoms with Crippen LogP contribution in [-0.4, -0.2) is 48.3 Å². The van der Waals surface area contributed by atoms with Crippen LogP contribution in [0.4, 0.5) is 0 Å². The van der Waals surface area contributed by atoms with Crippen LogP contribution in [0.2, 0.25) is 0 Å². The number of piperazine rings is 1. The van der Waals surface area contributed by atoms with Crippen molar-refractivity contribution in [3.05, 3.63) is 35.4 Å². The van der Waals surface area contributed by atoms with Gasteiger partial charge in [-0.05, 0) is 31.1 Å². The van der Waals surface area contributed by atoms with Crippen molar-refractivity contribution >= 4 is 0 Å². The Hall–Kier alpha value is -0.900. The number of aliphatic hydroxyl groups excluding tert-OH is 1. The Morgan fingerprint density at radius 3 is 2.17 bits per heavy atom. The first kappa shape index (κ1) is 13.5. The number of aliphatic hydroxyl groups is 1. The van der Waals surface area contributed by atoms with Crippen molar-refractivity contribution in [2.75, 3.05) is 27.2 Å². The van der Waals surface area contributed by atoms with Gasteiger partial charge in [-0.15, -0.1) is 0 Å². The highest BCUT2D eigenvalue weighted by molar-refractivity contribution is 5.27. The van der Waals surface area contributed by atoms with Crippen LogP contribution < -0.4 is 0 Å². The van der Waals surface area contributed by atoms with Gasteiger partial charge < -0.3 is 5.11 Å². The lowest BCUT2D eigenvalue weighted by atomic mass is 9.96. The zero-order valence-corrected chi connectivity index (χ0v) is 11.8. The predicted octanol–water partition coefficient (Wildman–Crippen LogP) is 2.05. The number of hydrogen-bond donors (Lipinski definition) is 1. The molecule has 0 bridgehead atoms. The molecule has 2 unspecified atom stereocenters. The molecule has 18 heavy (non-hydrogen) atoms. The minimum absolute atomic E-state index is 0.0740. The van der Waals surface area contributed by atoms with Gasteiger partial charge in [0.1, 0.15) is 6.23 Å². The van der Waals surface area contributed by atoms with Gasteiger partial charge in [0.15, 0.2) is 0 Å². The molecule has 0 amide bonds. The summed E-state index contributed by atoms with van der Waals surface area (Å²) in [6.07, 6.45) is -0.423. The maximum Gasteiger partial charge on any atom is 0.127 e. The molecule has 3 nitrogen and oxygen atoms in total. The number of nitrogens with zero attached hydrogens (tertiary/aromatic N) is 2. The summed E-state index contributed by atoms with van der Waals surface area (Å²) in [7, 11) is 4.06. The van der Waals surface area contributed by atoms with E-state index in [1.165, 1.54) is 11.1 Å². The molecule has 1 aliphatic rings. The number of rotatable bonds is 2. The number of hydrogen-bond acceptors (Lipinski definition) is 3. The molecular weight excluding hydrogens is 224 g/mol. The van der Waals surface area contributed by atoms with Crippen LogP contribution in [-0.2, 0) is 0 Å². The average Bonchev–Trinajstić information content (AvgIpc) is 2.35. The molecule has 1 aromatic rings. The Bertz CT molecular complexity index is 388. The summed E-state index contributed by atoms with van der Waals surface area (Å²) in [4.78, 5) is 4.25. The lowest BCUT2D eigenvalue weighted by Gasteiger charge is -2.42. The fourth-order valence-corrected chi connectivity index (χ4v) is 2.56. The predicted molar refractivity (Wildman–Crippen MR) is 74.5 cm³/mol. The van der Waals surface area contributed by atoms with Crippen LogP contribution in [0.25, 0.3) is 0 Å². The number of likely N-dealkylation sites (N-methyl/N-ethyl adjacent to an activating group) is 2. The quantitative estimate of drug-likeness (QED) is 0.867. The third-order valence-corrected chi connectivity index (χ3v) is 3.96. The maximum absolute atomic E-state index is 10.3. The Balaban J connectivity index is 2.23. The summed E-state index contributed by atoms with van der Waals surface area (Å²) < 4.78 is 0. The van der Waals surface area contributed by atoms with Gasteiger partial charge in [0.05, 0.1) is 6.04 Å². The Morgan fingerprint density at radius 1 is 1.06 bits per heavy atom. The fourth-order valence-electron chi connectivity index (χ4n) is 2.56. The largest absolute Gasteiger partial charge is 0.376 e. The Labute approximate surface area is 110 Å². The molecule has 3 heteroatoms. The first-order valence-electron chi connectivity index (χ1n) is 6.69. The van der Waals surface area contributed by atoms with E-state index in [9.17, 15) is 5.11 Å². The van der Waals surface area contributed by atoms with Gasteiger partial charge in [-0.3, -0.25) is 9.80 Å². The van der Waals surface area contributed by atoms with E-state index in [4.69, 9.17) is 0 Å². The molecule has 1 aromatic carbocycles. The highest BCUT2D eigenvalue weighted by atomic mass is 16.3. The molecule has 2 rings (SSSR count). The molecule has 1 aliphatic heterocycles. The van der Waals surface area contributed by atoms with Crippen LogP contribution in [0.15, 0.2) is 24.3 Å². The van der Waals surface area contributed by atoms with Gasteiger partial charge >= 0.3 is 0 Å². The molecule has 100 valence electrons. The first-order chi connectivity index (χ1) is 8.50. The van der Waals surface area contributed by atoms with Gasteiger partial charge in [-0.2, -0.15) is 0 Å². The normalized spacial score (nSPS) is 26.8. The van der Waals surface area contributed by atoms with Crippen molar-refractivity contribution in [3.63, 3.8) is 0 Å². The molecule has 1 N–H and O–H groups in total. The third-order valence-electron chi connectivity index (χ3n) is 3.96. The maximum atomic E-state index is 10.3. The summed E-state index contributed by atoms with van der Waals surface area (Å²) in [6.45, 7) is 6.30. The van der Waals surface area contributed by atoms with Gasteiger partial charge in [-0.1, -0.05) is 38.1 Å². The Morgan fingerprint density at radius 2 is 1.61 bits per heavy atom. The smallest absolute Gasteiger partial charge is 0.127 e. The Kier molecular flexibility index (Phi) is 4.05. The molecule has 0 saturated carbocycles. The molecule has 2 atom stereocenters. The minimum atomic E-state index is -0.423. The molecule has 1 heterocycles. The first-order valence-corrected chi connectivity index (χ1v) is 6.69. The summed E-state index contributed by atoms with van der Waals surface area (Å²) in [5.74, 6) is 0.552. The van der Waals surface area contributed by atoms with Gasteiger partial charge in [0.2, 0.25) is 0 Å². The lowest BCUT2D eigenvalue weighted by molar-refractivity contribution is -0.0788. The average molecular weight is 248 g/mol. The molecule has 0 radical (unpaired) electrons. The van der Waals surface area contributed by atoms with Crippen LogP contribution in [0, 0.1) is 0 Å². The van der Waals surface area contributed by atoms with E-state index in [0.29, 0.717) is 5.92 Å². The van der Waals surface area contributed by atoms with Gasteiger partial charge in [0, 0.05) is 13.1 Å². The topological polar surface area (TPSA) is 26.7 Å². The van der Waals surface area contributed by atoms with E-state index in [-0.39, 0.29) is 6.04 Å². The SMILES string of the molecule is CC(C)c1ccc(C2C(O)N(C)CCN2C)cc1. The van der Waals surface area contributed by atoms with E-state index in [1.807, 2.05) is 11.9 Å². The molecule has 0 aliphatic carbocycles. The summed E-state index contributed by atoms with van der Waals surface area (Å²) in [6, 6.07) is 8.73. The van der Waals surface area contributed by atoms with Crippen LogP contribution in [0.5, 0.6) is 0 Å². The van der Waals surface area contributed by atoms with Crippen molar-refractivity contribution in [1.29, 1.82) is 0 Å². The van der Waals surface area contributed by atoms with Crippen LogP contribution >= 0.6 is 0 Å². The van der Waals surface area contributed by atoms with Crippen molar-refractivity contribution in [1.82, 2.24) is 9.80 Å². The van der Waals surface area contributed by atoms with Crippen molar-refractivity contribution < 1.29 is 5.11 Å². The van der Waals surface area contributed by atoms with Gasteiger partial charge in [-0.25, -0.2) is 0 Å². The van der Waals surface area contributed by atoms with E-state index >= 15 is 0 Å². The second kappa shape index (κ2) is 5.39. The summed E-state index contributed by atoms with van der Waals surface area (Å²) >= 11 is 0. The second-order valence-electron chi connectivity index (χ2n) is 5.64. The third kappa shape index (κ3) is 2.58. The monoisotopic (exact) mass is 248 g/mol. The highest BCUT2D eigenvalue weighted by Gasteiger charge is 2.32. The molecular formula is C15H24N2O. The zero-order valence-electron chi connectivity index (χ0n) is 11.8. The molecule has 0 aromatic heterocycles. The van der Waals surface area contributed by atoms with Crippen molar-refractivity contribution in [2.45, 2.75) is 32.0 Å². The van der Waals surface area contributed by atoms with E-state index in [0.717, 1.165) is 13.1 Å². The van der Waals surface area contributed by atoms with E-state index in [2.05, 4.69) is 50.1 Å². The minimum Gasteiger partial charge on any atom is -0.376 e. The fraction of sp³-hybridized carbons (Fsp3) is 0.600. The molecule has 1 fully saturated rings. The molecule has 0 spiro atoms. The second-order valence-corrected chi connectivity index (χ2v) is 5.64. The van der Waals surface area contributed by atoms with E-state index in [1.54, 1.807) is 0 Å². The zero-order chi connectivity index (χ0) is 13.3. The summed E-state index contributed by atoms with van der Waals surface area (Å²) in [5.41, 5.74) is 2.54. The van der Waals surface area contributed by atoms with Crippen LogP contribution in [0.1, 0.15) is 36.9 Å². The van der Waals surface area contributed by atoms with E-state index < -0.39 is 6.23 Å². The van der Waals surface area contributed by atoms with Crippen molar-refractivity contribution in [2.24, 2.45) is 0 Å². The van der Waals surface area contributed by atoms with Crippen molar-refractivity contribution in [3.8, 4) is 0 Å². The highest BCUT2D eigenvalue weighted by Crippen LogP contribution is 2.28. The summed E-state index contributed by atoms with van der Waals surface area (Å²) in [5, 5.41) is 10.3. The molecule has 1 saturated heterocycles. The lowest BCUT2D eigenvalue weighted by Crippen LogP contribution is -2.51. The standard InChI is InChI=1S/C15H24N2O/c1-11(2)12-5-7-13(8-6-12)14-15(18)17(4)10-9-16(14)3/h5-8,11,14-15,18H,9-10H2,1-4H3. The van der Waals surface area contributed by atoms with Crippen LogP contribution in [0.3, 0.4) is 0 Å². The van der Waals surface area contributed by atoms with Gasteiger partial charge in [0.25, 0.3) is 0 Å².